The maximum atomic E-state index is 11.0. The predicted molar refractivity (Wildman–Crippen MR) is 120 cm³/mol. The average molecular weight is 490 g/mol. The molecule has 172 valence electrons. The molecule has 33 heavy (non-hydrogen) atoms. The van der Waals surface area contributed by atoms with Gasteiger partial charge in [0.1, 0.15) is 17.4 Å². The molecule has 0 spiro atoms. The summed E-state index contributed by atoms with van der Waals surface area (Å²) < 4.78 is 27.9. The molecule has 3 heterocycles. The number of anilines is 2. The summed E-state index contributed by atoms with van der Waals surface area (Å²) in [6, 6.07) is 12.5. The van der Waals surface area contributed by atoms with E-state index >= 15 is 0 Å². The molecule has 0 aliphatic carbocycles. The van der Waals surface area contributed by atoms with Crippen molar-refractivity contribution in [3.05, 3.63) is 70.3 Å². The monoisotopic (exact) mass is 490 g/mol. The van der Waals surface area contributed by atoms with Gasteiger partial charge in [-0.3, -0.25) is 4.52 Å². The number of nitrogen functional groups attached to an aromatic ring is 2. The van der Waals surface area contributed by atoms with Crippen LogP contribution in [-0.4, -0.2) is 19.9 Å². The van der Waals surface area contributed by atoms with Gasteiger partial charge >= 0.3 is 7.82 Å². The average Bonchev–Trinajstić information content (AvgIpc) is 3.45. The molecule has 0 amide bonds. The van der Waals surface area contributed by atoms with Crippen LogP contribution in [0.4, 0.5) is 11.6 Å². The van der Waals surface area contributed by atoms with Gasteiger partial charge in [-0.25, -0.2) is 14.1 Å². The summed E-state index contributed by atoms with van der Waals surface area (Å²) in [5, 5.41) is 6.91. The van der Waals surface area contributed by atoms with Gasteiger partial charge in [-0.15, -0.1) is 11.3 Å². The van der Waals surface area contributed by atoms with Crippen LogP contribution in [0.3, 0.4) is 0 Å². The summed E-state index contributed by atoms with van der Waals surface area (Å²) >= 11 is 1.54. The molecule has 6 N–H and O–H groups in total. The predicted octanol–water partition coefficient (Wildman–Crippen LogP) is 2.49. The van der Waals surface area contributed by atoms with Crippen molar-refractivity contribution in [1.29, 1.82) is 0 Å². The van der Waals surface area contributed by atoms with Gasteiger partial charge in [0.25, 0.3) is 0 Å². The lowest BCUT2D eigenvalue weighted by atomic mass is 10.1. The van der Waals surface area contributed by atoms with Crippen LogP contribution in [-0.2, 0) is 28.8 Å². The van der Waals surface area contributed by atoms with Crippen LogP contribution in [0.25, 0.3) is 11.3 Å². The highest BCUT2D eigenvalue weighted by molar-refractivity contribution is 7.46. The first-order chi connectivity index (χ1) is 15.8. The summed E-state index contributed by atoms with van der Waals surface area (Å²) in [6.07, 6.45) is 2.26. The molecule has 0 radical (unpaired) electrons. The Bertz CT molecular complexity index is 1270. The highest BCUT2D eigenvalue weighted by Crippen LogP contribution is 2.36. The van der Waals surface area contributed by atoms with E-state index in [0.29, 0.717) is 30.0 Å². The van der Waals surface area contributed by atoms with E-state index in [1.807, 2.05) is 29.6 Å². The van der Waals surface area contributed by atoms with Crippen LogP contribution >= 0.6 is 19.2 Å². The zero-order chi connectivity index (χ0) is 23.4. The Balaban J connectivity index is 1.44. The molecular weight excluding hydrogens is 469 g/mol. The SMILES string of the molecule is Nc1ccc(-c2cc(Cc3ccc(OCc4nccs4)cc3)no2)c(N)[n+]1COP(=O)(O)O. The molecule has 0 aliphatic heterocycles. The molecule has 0 aliphatic rings. The zero-order valence-corrected chi connectivity index (χ0v) is 18.9. The number of pyridine rings is 1. The van der Waals surface area contributed by atoms with E-state index < -0.39 is 14.6 Å². The molecule has 1 aromatic carbocycles. The van der Waals surface area contributed by atoms with E-state index in [4.69, 9.17) is 30.5 Å². The maximum absolute atomic E-state index is 11.0. The summed E-state index contributed by atoms with van der Waals surface area (Å²) in [5.74, 6) is 1.41. The number of nitrogens with two attached hydrogens (primary N) is 2. The number of rotatable bonds is 9. The third kappa shape index (κ3) is 5.95. The molecule has 0 bridgehead atoms. The molecule has 4 rings (SSSR count). The quantitative estimate of drug-likeness (QED) is 0.202. The molecule has 0 unspecified atom stereocenters. The summed E-state index contributed by atoms with van der Waals surface area (Å²) in [7, 11) is -4.69. The summed E-state index contributed by atoms with van der Waals surface area (Å²) in [6.45, 7) is -0.0976. The Morgan fingerprint density at radius 2 is 1.94 bits per heavy atom. The van der Waals surface area contributed by atoms with Crippen molar-refractivity contribution in [3.8, 4) is 17.1 Å². The number of benzene rings is 1. The van der Waals surface area contributed by atoms with E-state index in [0.717, 1.165) is 16.3 Å². The second-order valence-electron chi connectivity index (χ2n) is 6.95. The fraction of sp³-hybridized carbons (Fsp3) is 0.150. The van der Waals surface area contributed by atoms with Crippen molar-refractivity contribution in [2.24, 2.45) is 0 Å². The topological polar surface area (TPSA) is 171 Å². The van der Waals surface area contributed by atoms with Crippen molar-refractivity contribution in [3.63, 3.8) is 0 Å². The molecule has 11 nitrogen and oxygen atoms in total. The van der Waals surface area contributed by atoms with Crippen molar-refractivity contribution < 1.29 is 32.7 Å². The lowest BCUT2D eigenvalue weighted by molar-refractivity contribution is -0.698. The van der Waals surface area contributed by atoms with Crippen molar-refractivity contribution in [1.82, 2.24) is 10.1 Å². The number of hydrogen-bond acceptors (Lipinski definition) is 9. The maximum Gasteiger partial charge on any atom is 0.472 e. The Labute approximate surface area is 192 Å². The smallest absolute Gasteiger partial charge is 0.472 e. The number of thiazole rings is 1. The second-order valence-corrected chi connectivity index (χ2v) is 9.17. The minimum Gasteiger partial charge on any atom is -0.486 e. The fourth-order valence-corrected chi connectivity index (χ4v) is 3.81. The summed E-state index contributed by atoms with van der Waals surface area (Å²) in [5.41, 5.74) is 14.1. The Morgan fingerprint density at radius 3 is 2.64 bits per heavy atom. The lowest BCUT2D eigenvalue weighted by Crippen LogP contribution is -2.41. The highest BCUT2D eigenvalue weighted by atomic mass is 32.1. The van der Waals surface area contributed by atoms with Gasteiger partial charge in [0.15, 0.2) is 12.5 Å². The normalized spacial score (nSPS) is 11.6. The molecule has 0 saturated heterocycles. The van der Waals surface area contributed by atoms with Gasteiger partial charge in [0.05, 0.1) is 11.3 Å². The van der Waals surface area contributed by atoms with Gasteiger partial charge in [-0.1, -0.05) is 17.3 Å². The van der Waals surface area contributed by atoms with Crippen molar-refractivity contribution in [2.75, 3.05) is 11.5 Å². The largest absolute Gasteiger partial charge is 0.486 e. The Hall–Kier alpha value is -3.28. The van der Waals surface area contributed by atoms with Crippen LogP contribution in [0.15, 0.2) is 58.6 Å². The zero-order valence-electron chi connectivity index (χ0n) is 17.2. The second kappa shape index (κ2) is 9.69. The molecule has 0 saturated carbocycles. The van der Waals surface area contributed by atoms with Crippen LogP contribution in [0, 0.1) is 0 Å². The standard InChI is InChI=1S/C20H20N5O6PS/c21-18-6-5-16(20(22)25(18)12-30-32(26,27)28)17-10-14(24-31-17)9-13-1-3-15(4-2-13)29-11-19-23-7-8-33-19/h1-8,10H,9,11-12H2,(H5,21,22,24,26,27,28)/p+1. The lowest BCUT2D eigenvalue weighted by Gasteiger charge is -2.10. The molecule has 3 aromatic heterocycles. The first kappa shape index (κ1) is 22.9. The Morgan fingerprint density at radius 1 is 1.15 bits per heavy atom. The first-order valence-electron chi connectivity index (χ1n) is 9.62. The fourth-order valence-electron chi connectivity index (χ4n) is 3.02. The first-order valence-corrected chi connectivity index (χ1v) is 12.0. The van der Waals surface area contributed by atoms with Gasteiger partial charge in [0, 0.05) is 30.1 Å². The van der Waals surface area contributed by atoms with E-state index in [2.05, 4.69) is 14.7 Å². The minimum absolute atomic E-state index is 0.118. The number of phosphoric acid groups is 1. The summed E-state index contributed by atoms with van der Waals surface area (Å²) in [4.78, 5) is 22.1. The van der Waals surface area contributed by atoms with Crippen LogP contribution in [0.1, 0.15) is 16.3 Å². The van der Waals surface area contributed by atoms with Crippen LogP contribution in [0.2, 0.25) is 0 Å². The third-order valence-electron chi connectivity index (χ3n) is 4.63. The number of ether oxygens (including phenoxy) is 1. The minimum atomic E-state index is -4.69. The number of hydrogen-bond donors (Lipinski definition) is 4. The van der Waals surface area contributed by atoms with E-state index in [1.165, 1.54) is 22.0 Å². The van der Waals surface area contributed by atoms with Crippen LogP contribution < -0.4 is 20.8 Å². The van der Waals surface area contributed by atoms with E-state index in [-0.39, 0.29) is 11.6 Å². The van der Waals surface area contributed by atoms with Crippen LogP contribution in [0.5, 0.6) is 5.75 Å². The van der Waals surface area contributed by atoms with Crippen molar-refractivity contribution >= 4 is 30.8 Å². The van der Waals surface area contributed by atoms with Gasteiger partial charge in [0.2, 0.25) is 11.6 Å². The van der Waals surface area contributed by atoms with Gasteiger partial charge in [-0.05, 0) is 23.8 Å². The molecule has 13 heteroatoms. The molecule has 0 atom stereocenters. The molecule has 4 aromatic rings. The Kier molecular flexibility index (Phi) is 6.72. The third-order valence-corrected chi connectivity index (χ3v) is 5.84. The van der Waals surface area contributed by atoms with E-state index in [1.54, 1.807) is 18.3 Å². The molecule has 0 fully saturated rings. The van der Waals surface area contributed by atoms with E-state index in [9.17, 15) is 4.57 Å². The molecular formula is C20H21N5O6PS+. The van der Waals surface area contributed by atoms with Crippen molar-refractivity contribution in [2.45, 2.75) is 19.8 Å². The number of aromatic nitrogens is 3. The van der Waals surface area contributed by atoms with Gasteiger partial charge < -0.3 is 30.5 Å². The highest BCUT2D eigenvalue weighted by Gasteiger charge is 2.22. The van der Waals surface area contributed by atoms with Gasteiger partial charge in [-0.2, -0.15) is 0 Å². The number of nitrogens with zero attached hydrogens (tertiary/aromatic N) is 3. The number of phosphoric ester groups is 1.